The van der Waals surface area contributed by atoms with Crippen molar-refractivity contribution in [3.8, 4) is 0 Å². The zero-order valence-corrected chi connectivity index (χ0v) is 10.7. The fourth-order valence-corrected chi connectivity index (χ4v) is 2.16. The minimum absolute atomic E-state index is 0.104. The average molecular weight is 214 g/mol. The first-order chi connectivity index (χ1) is 7.02. The fraction of sp³-hybridized carbons (Fsp3) is 1.00. The van der Waals surface area contributed by atoms with Crippen LogP contribution in [0, 0.1) is 0 Å². The van der Waals surface area contributed by atoms with Gasteiger partial charge in [0.15, 0.2) is 0 Å². The second-order valence-corrected chi connectivity index (χ2v) is 5.25. The van der Waals surface area contributed by atoms with Gasteiger partial charge in [0.2, 0.25) is 0 Å². The van der Waals surface area contributed by atoms with Gasteiger partial charge in [-0.05, 0) is 26.8 Å². The zero-order chi connectivity index (χ0) is 11.3. The molecule has 1 N–H and O–H groups in total. The largest absolute Gasteiger partial charge is 0.374 e. The minimum atomic E-state index is 0.104. The van der Waals surface area contributed by atoms with Gasteiger partial charge in [-0.1, -0.05) is 13.8 Å². The van der Waals surface area contributed by atoms with Crippen molar-refractivity contribution in [2.45, 2.75) is 45.3 Å². The van der Waals surface area contributed by atoms with E-state index in [4.69, 9.17) is 4.74 Å². The number of hydrogen-bond acceptors (Lipinski definition) is 3. The Kier molecular flexibility index (Phi) is 5.03. The predicted octanol–water partition coefficient (Wildman–Crippen LogP) is 1.49. The Morgan fingerprint density at radius 1 is 1.47 bits per heavy atom. The first-order valence-electron chi connectivity index (χ1n) is 6.08. The highest BCUT2D eigenvalue weighted by Gasteiger charge is 2.30. The molecule has 0 aliphatic carbocycles. The van der Waals surface area contributed by atoms with E-state index in [9.17, 15) is 0 Å². The van der Waals surface area contributed by atoms with Crippen molar-refractivity contribution in [1.82, 2.24) is 10.2 Å². The molecule has 1 saturated heterocycles. The van der Waals surface area contributed by atoms with Crippen molar-refractivity contribution in [1.29, 1.82) is 0 Å². The molecular formula is C12H26N2O. The lowest BCUT2D eigenvalue weighted by molar-refractivity contribution is -0.00325. The van der Waals surface area contributed by atoms with E-state index in [0.717, 1.165) is 26.2 Å². The Hall–Kier alpha value is -0.120. The van der Waals surface area contributed by atoms with Gasteiger partial charge in [-0.2, -0.15) is 0 Å². The molecular weight excluding hydrogens is 188 g/mol. The SMILES string of the molecule is CC(C)NCCN(C)CC1(C)CCCO1. The third-order valence-electron chi connectivity index (χ3n) is 2.95. The van der Waals surface area contributed by atoms with Gasteiger partial charge in [0.1, 0.15) is 0 Å². The molecule has 3 nitrogen and oxygen atoms in total. The van der Waals surface area contributed by atoms with Crippen molar-refractivity contribution >= 4 is 0 Å². The zero-order valence-electron chi connectivity index (χ0n) is 10.7. The van der Waals surface area contributed by atoms with Crippen molar-refractivity contribution in [2.24, 2.45) is 0 Å². The number of ether oxygens (including phenoxy) is 1. The van der Waals surface area contributed by atoms with Crippen molar-refractivity contribution < 1.29 is 4.74 Å². The van der Waals surface area contributed by atoms with Gasteiger partial charge < -0.3 is 15.0 Å². The van der Waals surface area contributed by atoms with Crippen LogP contribution in [0.2, 0.25) is 0 Å². The van der Waals surface area contributed by atoms with Crippen LogP contribution < -0.4 is 5.32 Å². The lowest BCUT2D eigenvalue weighted by atomic mass is 10.0. The smallest absolute Gasteiger partial charge is 0.0781 e. The lowest BCUT2D eigenvalue weighted by Gasteiger charge is -2.29. The van der Waals surface area contributed by atoms with Crippen molar-refractivity contribution in [3.05, 3.63) is 0 Å². The first kappa shape index (κ1) is 12.9. The van der Waals surface area contributed by atoms with Gasteiger partial charge in [-0.15, -0.1) is 0 Å². The molecule has 1 unspecified atom stereocenters. The van der Waals surface area contributed by atoms with Gasteiger partial charge in [0.25, 0.3) is 0 Å². The maximum atomic E-state index is 5.78. The molecule has 0 aromatic rings. The van der Waals surface area contributed by atoms with Gasteiger partial charge in [0, 0.05) is 32.3 Å². The highest BCUT2D eigenvalue weighted by molar-refractivity contribution is 4.83. The van der Waals surface area contributed by atoms with Crippen LogP contribution in [0.5, 0.6) is 0 Å². The van der Waals surface area contributed by atoms with Gasteiger partial charge in [-0.25, -0.2) is 0 Å². The van der Waals surface area contributed by atoms with Gasteiger partial charge >= 0.3 is 0 Å². The van der Waals surface area contributed by atoms with Gasteiger partial charge in [-0.3, -0.25) is 0 Å². The third-order valence-corrected chi connectivity index (χ3v) is 2.95. The van der Waals surface area contributed by atoms with Crippen LogP contribution in [0.1, 0.15) is 33.6 Å². The van der Waals surface area contributed by atoms with E-state index in [1.54, 1.807) is 0 Å². The summed E-state index contributed by atoms with van der Waals surface area (Å²) in [5.74, 6) is 0. The molecule has 1 rings (SSSR count). The molecule has 15 heavy (non-hydrogen) atoms. The fourth-order valence-electron chi connectivity index (χ4n) is 2.16. The number of rotatable bonds is 6. The Morgan fingerprint density at radius 2 is 2.20 bits per heavy atom. The number of hydrogen-bond donors (Lipinski definition) is 1. The summed E-state index contributed by atoms with van der Waals surface area (Å²) in [6.45, 7) is 10.7. The number of nitrogens with one attached hydrogen (secondary N) is 1. The second-order valence-electron chi connectivity index (χ2n) is 5.25. The lowest BCUT2D eigenvalue weighted by Crippen LogP contribution is -2.41. The van der Waals surface area contributed by atoms with Crippen LogP contribution in [0.15, 0.2) is 0 Å². The molecule has 90 valence electrons. The molecule has 0 aromatic heterocycles. The number of nitrogens with zero attached hydrogens (tertiary/aromatic N) is 1. The summed E-state index contributed by atoms with van der Waals surface area (Å²) in [5, 5.41) is 3.43. The Balaban J connectivity index is 2.14. The molecule has 1 aliphatic rings. The average Bonchev–Trinajstić information content (AvgIpc) is 2.50. The van der Waals surface area contributed by atoms with Crippen molar-refractivity contribution in [3.63, 3.8) is 0 Å². The predicted molar refractivity (Wildman–Crippen MR) is 64.2 cm³/mol. The summed E-state index contributed by atoms with van der Waals surface area (Å²) in [6, 6.07) is 0.580. The van der Waals surface area contributed by atoms with Crippen LogP contribution >= 0.6 is 0 Å². The van der Waals surface area contributed by atoms with E-state index in [1.807, 2.05) is 0 Å². The molecule has 1 fully saturated rings. The van der Waals surface area contributed by atoms with Crippen LogP contribution in [0.25, 0.3) is 0 Å². The summed E-state index contributed by atoms with van der Waals surface area (Å²) in [5.41, 5.74) is 0.104. The number of likely N-dealkylation sites (N-methyl/N-ethyl adjacent to an activating group) is 1. The third kappa shape index (κ3) is 4.96. The monoisotopic (exact) mass is 214 g/mol. The van der Waals surface area contributed by atoms with E-state index in [0.29, 0.717) is 6.04 Å². The van der Waals surface area contributed by atoms with Crippen molar-refractivity contribution in [2.75, 3.05) is 33.3 Å². The maximum Gasteiger partial charge on any atom is 0.0781 e. The Bertz CT molecular complexity index is 176. The standard InChI is InChI=1S/C12H26N2O/c1-11(2)13-7-8-14(4)10-12(3)6-5-9-15-12/h11,13H,5-10H2,1-4H3. The molecule has 3 heteroatoms. The van der Waals surface area contributed by atoms with E-state index >= 15 is 0 Å². The van der Waals surface area contributed by atoms with E-state index in [2.05, 4.69) is 38.0 Å². The second kappa shape index (κ2) is 5.83. The summed E-state index contributed by atoms with van der Waals surface area (Å²) < 4.78 is 5.78. The Morgan fingerprint density at radius 3 is 2.73 bits per heavy atom. The summed E-state index contributed by atoms with van der Waals surface area (Å²) in [6.07, 6.45) is 2.42. The van der Waals surface area contributed by atoms with E-state index < -0.39 is 0 Å². The molecule has 0 spiro atoms. The molecule has 1 atom stereocenters. The highest BCUT2D eigenvalue weighted by Crippen LogP contribution is 2.25. The minimum Gasteiger partial charge on any atom is -0.374 e. The Labute approximate surface area is 94.2 Å². The van der Waals surface area contributed by atoms with E-state index in [-0.39, 0.29) is 5.60 Å². The van der Waals surface area contributed by atoms with E-state index in [1.165, 1.54) is 12.8 Å². The normalized spacial score (nSPS) is 26.8. The topological polar surface area (TPSA) is 24.5 Å². The summed E-state index contributed by atoms with van der Waals surface area (Å²) >= 11 is 0. The molecule has 1 heterocycles. The quantitative estimate of drug-likeness (QED) is 0.725. The molecule has 0 aromatic carbocycles. The molecule has 1 aliphatic heterocycles. The van der Waals surface area contributed by atoms with Crippen LogP contribution in [0.3, 0.4) is 0 Å². The van der Waals surface area contributed by atoms with Crippen LogP contribution in [-0.4, -0.2) is 49.8 Å². The molecule has 0 amide bonds. The summed E-state index contributed by atoms with van der Waals surface area (Å²) in [7, 11) is 2.18. The van der Waals surface area contributed by atoms with Crippen LogP contribution in [-0.2, 0) is 4.74 Å². The first-order valence-corrected chi connectivity index (χ1v) is 6.08. The molecule has 0 bridgehead atoms. The molecule has 0 saturated carbocycles. The maximum absolute atomic E-state index is 5.78. The van der Waals surface area contributed by atoms with Crippen LogP contribution in [0.4, 0.5) is 0 Å². The molecule has 0 radical (unpaired) electrons. The summed E-state index contributed by atoms with van der Waals surface area (Å²) in [4.78, 5) is 2.36. The van der Waals surface area contributed by atoms with Gasteiger partial charge in [0.05, 0.1) is 5.60 Å². The highest BCUT2D eigenvalue weighted by atomic mass is 16.5.